The van der Waals surface area contributed by atoms with E-state index in [1.807, 2.05) is 18.2 Å². The molecule has 0 saturated heterocycles. The maximum absolute atomic E-state index is 6.17. The molecule has 0 aromatic heterocycles. The van der Waals surface area contributed by atoms with Crippen molar-refractivity contribution in [2.75, 3.05) is 5.88 Å². The summed E-state index contributed by atoms with van der Waals surface area (Å²) in [6.45, 7) is 4.14. The Hall–Kier alpha value is -1.47. The predicted octanol–water partition coefficient (Wildman–Crippen LogP) is 5.05. The molecule has 0 aliphatic rings. The molecule has 0 aliphatic heterocycles. The van der Waals surface area contributed by atoms with Crippen LogP contribution < -0.4 is 4.74 Å². The summed E-state index contributed by atoms with van der Waals surface area (Å²) >= 11 is 5.90. The van der Waals surface area contributed by atoms with Gasteiger partial charge in [-0.2, -0.15) is 0 Å². The summed E-state index contributed by atoms with van der Waals surface area (Å²) in [6.07, 6.45) is 0.818. The standard InChI is InChI=1S/C17H19ClO/c1-13-8-9-14(2)17(12-13)19-16(10-11-18)15-6-4-3-5-7-15/h3-9,12,16H,10-11H2,1-2H3. The van der Waals surface area contributed by atoms with E-state index in [1.54, 1.807) is 0 Å². The second-order valence-corrected chi connectivity index (χ2v) is 5.14. The zero-order chi connectivity index (χ0) is 13.7. The molecule has 0 radical (unpaired) electrons. The molecule has 2 heteroatoms. The van der Waals surface area contributed by atoms with Crippen LogP contribution in [0.1, 0.15) is 29.2 Å². The summed E-state index contributed by atoms with van der Waals surface area (Å²) in [4.78, 5) is 0. The third kappa shape index (κ3) is 3.74. The van der Waals surface area contributed by atoms with Crippen molar-refractivity contribution in [3.05, 3.63) is 65.2 Å². The molecular formula is C17H19ClO. The second-order valence-electron chi connectivity index (χ2n) is 4.76. The minimum Gasteiger partial charge on any atom is -0.485 e. The van der Waals surface area contributed by atoms with Gasteiger partial charge in [0.25, 0.3) is 0 Å². The molecule has 2 rings (SSSR count). The van der Waals surface area contributed by atoms with Crippen LogP contribution in [0.15, 0.2) is 48.5 Å². The Morgan fingerprint density at radius 3 is 2.47 bits per heavy atom. The van der Waals surface area contributed by atoms with Crippen LogP contribution in [0.25, 0.3) is 0 Å². The fourth-order valence-corrected chi connectivity index (χ4v) is 2.25. The number of halogens is 1. The number of benzene rings is 2. The van der Waals surface area contributed by atoms with E-state index in [-0.39, 0.29) is 6.10 Å². The third-order valence-electron chi connectivity index (χ3n) is 3.16. The molecule has 2 aromatic carbocycles. The van der Waals surface area contributed by atoms with E-state index in [0.29, 0.717) is 5.88 Å². The van der Waals surface area contributed by atoms with Crippen LogP contribution >= 0.6 is 11.6 Å². The molecular weight excluding hydrogens is 256 g/mol. The fraction of sp³-hybridized carbons (Fsp3) is 0.294. The lowest BCUT2D eigenvalue weighted by atomic mass is 10.1. The summed E-state index contributed by atoms with van der Waals surface area (Å²) in [5.41, 5.74) is 3.53. The van der Waals surface area contributed by atoms with E-state index in [0.717, 1.165) is 17.7 Å². The number of aryl methyl sites for hydroxylation is 2. The van der Waals surface area contributed by atoms with Gasteiger partial charge in [-0.1, -0.05) is 42.5 Å². The SMILES string of the molecule is Cc1ccc(C)c(OC(CCCl)c2ccccc2)c1. The summed E-state index contributed by atoms with van der Waals surface area (Å²) in [5.74, 6) is 1.53. The molecule has 0 amide bonds. The Morgan fingerprint density at radius 2 is 1.79 bits per heavy atom. The van der Waals surface area contributed by atoms with E-state index < -0.39 is 0 Å². The van der Waals surface area contributed by atoms with Crippen LogP contribution in [0, 0.1) is 13.8 Å². The Labute approximate surface area is 120 Å². The largest absolute Gasteiger partial charge is 0.485 e. The maximum Gasteiger partial charge on any atom is 0.125 e. The van der Waals surface area contributed by atoms with Gasteiger partial charge in [0.2, 0.25) is 0 Å². The summed E-state index contributed by atoms with van der Waals surface area (Å²) < 4.78 is 6.17. The van der Waals surface area contributed by atoms with Gasteiger partial charge in [0.1, 0.15) is 11.9 Å². The van der Waals surface area contributed by atoms with Crippen LogP contribution in [-0.4, -0.2) is 5.88 Å². The smallest absolute Gasteiger partial charge is 0.125 e. The number of alkyl halides is 1. The third-order valence-corrected chi connectivity index (χ3v) is 3.37. The van der Waals surface area contributed by atoms with Gasteiger partial charge in [-0.05, 0) is 36.6 Å². The first-order valence-electron chi connectivity index (χ1n) is 6.55. The number of hydrogen-bond donors (Lipinski definition) is 0. The van der Waals surface area contributed by atoms with Gasteiger partial charge in [0.15, 0.2) is 0 Å². The minimum atomic E-state index is 0.0131. The lowest BCUT2D eigenvalue weighted by molar-refractivity contribution is 0.201. The zero-order valence-corrected chi connectivity index (χ0v) is 12.2. The van der Waals surface area contributed by atoms with Crippen LogP contribution in [0.2, 0.25) is 0 Å². The van der Waals surface area contributed by atoms with E-state index in [9.17, 15) is 0 Å². The van der Waals surface area contributed by atoms with Crippen molar-refractivity contribution >= 4 is 11.6 Å². The Balaban J connectivity index is 2.24. The average molecular weight is 275 g/mol. The fourth-order valence-electron chi connectivity index (χ4n) is 2.05. The number of ether oxygens (including phenoxy) is 1. The van der Waals surface area contributed by atoms with Crippen molar-refractivity contribution in [3.63, 3.8) is 0 Å². The van der Waals surface area contributed by atoms with E-state index in [4.69, 9.17) is 16.3 Å². The van der Waals surface area contributed by atoms with Crippen LogP contribution in [0.3, 0.4) is 0 Å². The molecule has 1 atom stereocenters. The van der Waals surface area contributed by atoms with E-state index in [2.05, 4.69) is 44.2 Å². The molecule has 0 aliphatic carbocycles. The highest BCUT2D eigenvalue weighted by atomic mass is 35.5. The zero-order valence-electron chi connectivity index (χ0n) is 11.4. The van der Waals surface area contributed by atoms with Crippen LogP contribution in [0.4, 0.5) is 0 Å². The minimum absolute atomic E-state index is 0.0131. The topological polar surface area (TPSA) is 9.23 Å². The van der Waals surface area contributed by atoms with Crippen LogP contribution in [-0.2, 0) is 0 Å². The van der Waals surface area contributed by atoms with Crippen molar-refractivity contribution in [1.29, 1.82) is 0 Å². The van der Waals surface area contributed by atoms with E-state index >= 15 is 0 Å². The van der Waals surface area contributed by atoms with Gasteiger partial charge >= 0.3 is 0 Å². The van der Waals surface area contributed by atoms with Gasteiger partial charge in [-0.15, -0.1) is 11.6 Å². The molecule has 100 valence electrons. The van der Waals surface area contributed by atoms with Gasteiger partial charge in [0, 0.05) is 12.3 Å². The van der Waals surface area contributed by atoms with E-state index in [1.165, 1.54) is 11.1 Å². The first-order valence-corrected chi connectivity index (χ1v) is 7.09. The molecule has 0 spiro atoms. The van der Waals surface area contributed by atoms with Crippen molar-refractivity contribution in [2.24, 2.45) is 0 Å². The Morgan fingerprint density at radius 1 is 1.05 bits per heavy atom. The molecule has 19 heavy (non-hydrogen) atoms. The quantitative estimate of drug-likeness (QED) is 0.693. The molecule has 1 unspecified atom stereocenters. The maximum atomic E-state index is 6.17. The first kappa shape index (κ1) is 14.0. The van der Waals surface area contributed by atoms with Crippen molar-refractivity contribution < 1.29 is 4.74 Å². The first-order chi connectivity index (χ1) is 9.20. The van der Waals surface area contributed by atoms with Gasteiger partial charge < -0.3 is 4.74 Å². The Bertz CT molecular complexity index is 522. The monoisotopic (exact) mass is 274 g/mol. The normalized spacial score (nSPS) is 12.2. The molecule has 0 fully saturated rings. The summed E-state index contributed by atoms with van der Waals surface area (Å²) in [6, 6.07) is 16.5. The van der Waals surface area contributed by atoms with Crippen molar-refractivity contribution in [3.8, 4) is 5.75 Å². The van der Waals surface area contributed by atoms with Gasteiger partial charge in [0.05, 0.1) is 0 Å². The lowest BCUT2D eigenvalue weighted by Gasteiger charge is -2.20. The summed E-state index contributed by atoms with van der Waals surface area (Å²) in [5, 5.41) is 0. The lowest BCUT2D eigenvalue weighted by Crippen LogP contribution is -2.09. The van der Waals surface area contributed by atoms with Gasteiger partial charge in [-0.3, -0.25) is 0 Å². The predicted molar refractivity (Wildman–Crippen MR) is 81.1 cm³/mol. The van der Waals surface area contributed by atoms with Crippen molar-refractivity contribution in [1.82, 2.24) is 0 Å². The average Bonchev–Trinajstić information content (AvgIpc) is 2.43. The molecule has 2 aromatic rings. The molecule has 0 heterocycles. The van der Waals surface area contributed by atoms with Crippen molar-refractivity contribution in [2.45, 2.75) is 26.4 Å². The Kier molecular flexibility index (Phi) is 4.86. The highest BCUT2D eigenvalue weighted by Gasteiger charge is 2.13. The van der Waals surface area contributed by atoms with Gasteiger partial charge in [-0.25, -0.2) is 0 Å². The molecule has 1 nitrogen and oxygen atoms in total. The highest BCUT2D eigenvalue weighted by molar-refractivity contribution is 6.17. The molecule has 0 N–H and O–H groups in total. The second kappa shape index (κ2) is 6.63. The summed E-state index contributed by atoms with van der Waals surface area (Å²) in [7, 11) is 0. The molecule has 0 saturated carbocycles. The highest BCUT2D eigenvalue weighted by Crippen LogP contribution is 2.28. The molecule has 0 bridgehead atoms. The van der Waals surface area contributed by atoms with Crippen LogP contribution in [0.5, 0.6) is 5.75 Å². The number of rotatable bonds is 5. The number of hydrogen-bond acceptors (Lipinski definition) is 1.